The minimum atomic E-state index is 0.408. The Hall–Kier alpha value is -1.32. The predicted octanol–water partition coefficient (Wildman–Crippen LogP) is 3.67. The molecule has 5 heteroatoms. The summed E-state index contributed by atoms with van der Waals surface area (Å²) in [6, 6.07) is 7.45. The van der Waals surface area contributed by atoms with Gasteiger partial charge in [0.15, 0.2) is 0 Å². The molecule has 0 bridgehead atoms. The van der Waals surface area contributed by atoms with Crippen molar-refractivity contribution in [2.75, 3.05) is 0 Å². The van der Waals surface area contributed by atoms with Gasteiger partial charge in [-0.3, -0.25) is 0 Å². The van der Waals surface area contributed by atoms with Crippen LogP contribution >= 0.6 is 23.2 Å². The average molecular weight is 269 g/mol. The van der Waals surface area contributed by atoms with Gasteiger partial charge in [-0.25, -0.2) is 9.97 Å². The van der Waals surface area contributed by atoms with E-state index < -0.39 is 0 Å². The molecule has 0 aliphatic rings. The van der Waals surface area contributed by atoms with E-state index in [1.54, 1.807) is 0 Å². The Morgan fingerprint density at radius 1 is 1.12 bits per heavy atom. The van der Waals surface area contributed by atoms with Crippen LogP contribution < -0.4 is 4.74 Å². The average Bonchev–Trinajstić information content (AvgIpc) is 2.33. The highest BCUT2D eigenvalue weighted by Crippen LogP contribution is 2.21. The van der Waals surface area contributed by atoms with Crippen molar-refractivity contribution in [2.24, 2.45) is 0 Å². The van der Waals surface area contributed by atoms with Crippen molar-refractivity contribution >= 4 is 23.2 Å². The molecule has 0 fully saturated rings. The second-order valence-corrected chi connectivity index (χ2v) is 4.30. The van der Waals surface area contributed by atoms with Gasteiger partial charge in [0.25, 0.3) is 0 Å². The van der Waals surface area contributed by atoms with Gasteiger partial charge in [-0.05, 0) is 24.6 Å². The number of benzene rings is 1. The predicted molar refractivity (Wildman–Crippen MR) is 67.6 cm³/mol. The van der Waals surface area contributed by atoms with Crippen LogP contribution in [0.4, 0.5) is 0 Å². The molecule has 1 aromatic carbocycles. The molecule has 0 aliphatic carbocycles. The molecule has 0 atom stereocenters. The summed E-state index contributed by atoms with van der Waals surface area (Å²) in [7, 11) is 0. The Kier molecular flexibility index (Phi) is 3.82. The van der Waals surface area contributed by atoms with E-state index in [9.17, 15) is 0 Å². The van der Waals surface area contributed by atoms with Crippen molar-refractivity contribution in [1.29, 1.82) is 0 Å². The first kappa shape index (κ1) is 12.1. The second-order valence-electron chi connectivity index (χ2n) is 3.51. The Morgan fingerprint density at radius 3 is 2.53 bits per heavy atom. The molecule has 0 amide bonds. The van der Waals surface area contributed by atoms with E-state index >= 15 is 0 Å². The van der Waals surface area contributed by atoms with Crippen molar-refractivity contribution in [3.05, 3.63) is 51.9 Å². The molecule has 17 heavy (non-hydrogen) atoms. The standard InChI is InChI=1S/C12H10Cl2N2O/c1-8-11(14)15-7-16-12(8)17-6-9-2-4-10(13)5-3-9/h2-5,7H,6H2,1H3. The second kappa shape index (κ2) is 5.34. The first-order valence-corrected chi connectivity index (χ1v) is 5.77. The molecule has 0 saturated carbocycles. The van der Waals surface area contributed by atoms with Gasteiger partial charge in [0.1, 0.15) is 18.1 Å². The van der Waals surface area contributed by atoms with Gasteiger partial charge in [0.2, 0.25) is 5.88 Å². The number of aromatic nitrogens is 2. The molecular weight excluding hydrogens is 259 g/mol. The summed E-state index contributed by atoms with van der Waals surface area (Å²) >= 11 is 11.7. The summed E-state index contributed by atoms with van der Waals surface area (Å²) < 4.78 is 5.56. The smallest absolute Gasteiger partial charge is 0.221 e. The maximum atomic E-state index is 5.87. The van der Waals surface area contributed by atoms with Crippen molar-refractivity contribution in [3.8, 4) is 5.88 Å². The maximum Gasteiger partial charge on any atom is 0.221 e. The molecule has 0 spiro atoms. The van der Waals surface area contributed by atoms with Crippen LogP contribution in [0.2, 0.25) is 10.2 Å². The van der Waals surface area contributed by atoms with Crippen molar-refractivity contribution in [1.82, 2.24) is 9.97 Å². The van der Waals surface area contributed by atoms with E-state index in [0.717, 1.165) is 11.1 Å². The van der Waals surface area contributed by atoms with Crippen molar-refractivity contribution in [2.45, 2.75) is 13.5 Å². The lowest BCUT2D eigenvalue weighted by Gasteiger charge is -2.08. The highest BCUT2D eigenvalue weighted by molar-refractivity contribution is 6.30. The number of nitrogens with zero attached hydrogens (tertiary/aromatic N) is 2. The van der Waals surface area contributed by atoms with E-state index in [1.807, 2.05) is 31.2 Å². The molecule has 0 unspecified atom stereocenters. The summed E-state index contributed by atoms with van der Waals surface area (Å²) in [4.78, 5) is 7.89. The molecule has 0 N–H and O–H groups in total. The molecule has 1 aromatic heterocycles. The Balaban J connectivity index is 2.07. The van der Waals surface area contributed by atoms with Gasteiger partial charge in [0, 0.05) is 10.6 Å². The zero-order valence-corrected chi connectivity index (χ0v) is 10.7. The highest BCUT2D eigenvalue weighted by atomic mass is 35.5. The topological polar surface area (TPSA) is 35.0 Å². The number of ether oxygens (including phenoxy) is 1. The summed E-state index contributed by atoms with van der Waals surface area (Å²) in [6.45, 7) is 2.24. The Labute approximate surface area is 109 Å². The van der Waals surface area contributed by atoms with E-state index in [-0.39, 0.29) is 0 Å². The fraction of sp³-hybridized carbons (Fsp3) is 0.167. The molecule has 2 aromatic rings. The lowest BCUT2D eigenvalue weighted by molar-refractivity contribution is 0.291. The van der Waals surface area contributed by atoms with Crippen LogP contribution in [0, 0.1) is 6.92 Å². The van der Waals surface area contributed by atoms with Crippen LogP contribution in [-0.4, -0.2) is 9.97 Å². The van der Waals surface area contributed by atoms with Crippen molar-refractivity contribution < 1.29 is 4.74 Å². The van der Waals surface area contributed by atoms with E-state index in [0.29, 0.717) is 22.7 Å². The van der Waals surface area contributed by atoms with Gasteiger partial charge >= 0.3 is 0 Å². The van der Waals surface area contributed by atoms with Crippen LogP contribution in [-0.2, 0) is 6.61 Å². The molecule has 0 saturated heterocycles. The fourth-order valence-electron chi connectivity index (χ4n) is 1.29. The minimum Gasteiger partial charge on any atom is -0.472 e. The largest absolute Gasteiger partial charge is 0.472 e. The zero-order chi connectivity index (χ0) is 12.3. The Bertz CT molecular complexity index is 514. The van der Waals surface area contributed by atoms with Crippen LogP contribution in [0.1, 0.15) is 11.1 Å². The van der Waals surface area contributed by atoms with Crippen LogP contribution in [0.25, 0.3) is 0 Å². The summed E-state index contributed by atoms with van der Waals surface area (Å²) in [6.07, 6.45) is 1.38. The first-order valence-electron chi connectivity index (χ1n) is 5.01. The zero-order valence-electron chi connectivity index (χ0n) is 9.15. The molecule has 88 valence electrons. The number of hydrogen-bond donors (Lipinski definition) is 0. The number of rotatable bonds is 3. The molecule has 0 radical (unpaired) electrons. The van der Waals surface area contributed by atoms with Gasteiger partial charge in [-0.15, -0.1) is 0 Å². The maximum absolute atomic E-state index is 5.87. The lowest BCUT2D eigenvalue weighted by atomic mass is 10.2. The number of halogens is 2. The minimum absolute atomic E-state index is 0.408. The Morgan fingerprint density at radius 2 is 1.82 bits per heavy atom. The first-order chi connectivity index (χ1) is 8.16. The normalized spacial score (nSPS) is 10.3. The van der Waals surface area contributed by atoms with E-state index in [4.69, 9.17) is 27.9 Å². The van der Waals surface area contributed by atoms with Gasteiger partial charge in [-0.2, -0.15) is 0 Å². The summed E-state index contributed by atoms with van der Waals surface area (Å²) in [5.74, 6) is 0.500. The van der Waals surface area contributed by atoms with Crippen LogP contribution in [0.15, 0.2) is 30.6 Å². The van der Waals surface area contributed by atoms with Crippen LogP contribution in [0.3, 0.4) is 0 Å². The van der Waals surface area contributed by atoms with Crippen LogP contribution in [0.5, 0.6) is 5.88 Å². The summed E-state index contributed by atoms with van der Waals surface area (Å²) in [5, 5.41) is 1.11. The third-order valence-electron chi connectivity index (χ3n) is 2.27. The van der Waals surface area contributed by atoms with E-state index in [2.05, 4.69) is 9.97 Å². The summed E-state index contributed by atoms with van der Waals surface area (Å²) in [5.41, 5.74) is 1.76. The fourth-order valence-corrected chi connectivity index (χ4v) is 1.54. The van der Waals surface area contributed by atoms with Gasteiger partial charge in [0.05, 0.1) is 0 Å². The third kappa shape index (κ3) is 3.08. The van der Waals surface area contributed by atoms with Gasteiger partial charge < -0.3 is 4.74 Å². The monoisotopic (exact) mass is 268 g/mol. The molecule has 2 rings (SSSR count). The highest BCUT2D eigenvalue weighted by Gasteiger charge is 2.06. The molecular formula is C12H10Cl2N2O. The quantitative estimate of drug-likeness (QED) is 0.797. The number of hydrogen-bond acceptors (Lipinski definition) is 3. The SMILES string of the molecule is Cc1c(Cl)ncnc1OCc1ccc(Cl)cc1. The molecule has 0 aliphatic heterocycles. The molecule has 1 heterocycles. The van der Waals surface area contributed by atoms with Crippen molar-refractivity contribution in [3.63, 3.8) is 0 Å². The van der Waals surface area contributed by atoms with E-state index in [1.165, 1.54) is 6.33 Å². The molecule has 3 nitrogen and oxygen atoms in total. The lowest BCUT2D eigenvalue weighted by Crippen LogP contribution is -2.00. The van der Waals surface area contributed by atoms with Gasteiger partial charge in [-0.1, -0.05) is 35.3 Å². The third-order valence-corrected chi connectivity index (χ3v) is 2.90.